The van der Waals surface area contributed by atoms with Crippen LogP contribution in [0.3, 0.4) is 0 Å². The van der Waals surface area contributed by atoms with Crippen LogP contribution in [0.2, 0.25) is 0 Å². The van der Waals surface area contributed by atoms with Gasteiger partial charge < -0.3 is 15.3 Å². The van der Waals surface area contributed by atoms with Gasteiger partial charge in [-0.2, -0.15) is 0 Å². The predicted octanol–water partition coefficient (Wildman–Crippen LogP) is 0.616. The number of carboxylic acid groups (broad SMARTS) is 1. The van der Waals surface area contributed by atoms with Gasteiger partial charge in [-0.3, -0.25) is 14.4 Å². The Morgan fingerprint density at radius 2 is 2.00 bits per heavy atom. The van der Waals surface area contributed by atoms with E-state index >= 15 is 0 Å². The summed E-state index contributed by atoms with van der Waals surface area (Å²) in [5.41, 5.74) is 0. The monoisotopic (exact) mass is 270 g/mol. The summed E-state index contributed by atoms with van der Waals surface area (Å²) in [6, 6.07) is 0. The van der Waals surface area contributed by atoms with Gasteiger partial charge in [0.15, 0.2) is 0 Å². The highest BCUT2D eigenvalue weighted by Gasteiger charge is 2.30. The summed E-state index contributed by atoms with van der Waals surface area (Å²) in [6.45, 7) is 3.03. The molecule has 1 aliphatic rings. The minimum atomic E-state index is -0.814. The first kappa shape index (κ1) is 15.5. The number of carbonyl (C=O) groups excluding carboxylic acids is 2. The van der Waals surface area contributed by atoms with E-state index in [0.29, 0.717) is 32.5 Å². The molecule has 1 heterocycles. The van der Waals surface area contributed by atoms with E-state index in [4.69, 9.17) is 5.11 Å². The van der Waals surface area contributed by atoms with Gasteiger partial charge in [-0.25, -0.2) is 0 Å². The largest absolute Gasteiger partial charge is 0.481 e. The van der Waals surface area contributed by atoms with E-state index < -0.39 is 11.9 Å². The summed E-state index contributed by atoms with van der Waals surface area (Å²) in [7, 11) is 0. The van der Waals surface area contributed by atoms with E-state index in [0.717, 1.165) is 19.3 Å². The van der Waals surface area contributed by atoms with Crippen molar-refractivity contribution in [1.29, 1.82) is 0 Å². The van der Waals surface area contributed by atoms with E-state index in [1.165, 1.54) is 6.92 Å². The van der Waals surface area contributed by atoms with Crippen LogP contribution in [-0.2, 0) is 14.4 Å². The molecule has 19 heavy (non-hydrogen) atoms. The van der Waals surface area contributed by atoms with Crippen molar-refractivity contribution in [1.82, 2.24) is 10.2 Å². The first-order valence-electron chi connectivity index (χ1n) is 6.75. The molecule has 1 unspecified atom stereocenters. The van der Waals surface area contributed by atoms with Crippen molar-refractivity contribution in [3.05, 3.63) is 0 Å². The fourth-order valence-corrected chi connectivity index (χ4v) is 2.19. The zero-order valence-electron chi connectivity index (χ0n) is 11.4. The molecule has 1 saturated heterocycles. The third-order valence-corrected chi connectivity index (χ3v) is 3.33. The van der Waals surface area contributed by atoms with Gasteiger partial charge in [-0.05, 0) is 19.3 Å². The van der Waals surface area contributed by atoms with Crippen LogP contribution in [0.4, 0.5) is 0 Å². The van der Waals surface area contributed by atoms with Gasteiger partial charge in [0.05, 0.1) is 5.92 Å². The molecule has 6 heteroatoms. The van der Waals surface area contributed by atoms with Crippen LogP contribution in [-0.4, -0.2) is 47.4 Å². The molecule has 1 rings (SSSR count). The molecule has 0 radical (unpaired) electrons. The summed E-state index contributed by atoms with van der Waals surface area (Å²) in [5, 5.41) is 11.6. The number of unbranched alkanes of at least 4 members (excludes halogenated alkanes) is 2. The molecule has 108 valence electrons. The van der Waals surface area contributed by atoms with E-state index in [1.807, 2.05) is 0 Å². The molecule has 0 aromatic rings. The van der Waals surface area contributed by atoms with Crippen molar-refractivity contribution in [2.45, 2.75) is 39.0 Å². The van der Waals surface area contributed by atoms with Crippen LogP contribution in [0.5, 0.6) is 0 Å². The number of nitrogens with one attached hydrogen (secondary N) is 1. The average molecular weight is 270 g/mol. The second-order valence-electron chi connectivity index (χ2n) is 4.96. The summed E-state index contributed by atoms with van der Waals surface area (Å²) < 4.78 is 0. The molecular weight excluding hydrogens is 248 g/mol. The Bertz CT molecular complexity index is 344. The van der Waals surface area contributed by atoms with E-state index in [9.17, 15) is 14.4 Å². The fraction of sp³-hybridized carbons (Fsp3) is 0.769. The maximum atomic E-state index is 11.8. The lowest BCUT2D eigenvalue weighted by atomic mass is 10.1. The molecule has 2 amide bonds. The zero-order chi connectivity index (χ0) is 14.3. The third kappa shape index (κ3) is 5.72. The SMILES string of the molecule is CC(=O)NCCCCCC(=O)N1CCC(C(=O)O)C1. The smallest absolute Gasteiger partial charge is 0.308 e. The van der Waals surface area contributed by atoms with Crippen molar-refractivity contribution in [3.8, 4) is 0 Å². The molecule has 0 saturated carbocycles. The Morgan fingerprint density at radius 1 is 1.26 bits per heavy atom. The van der Waals surface area contributed by atoms with E-state index in [1.54, 1.807) is 4.90 Å². The number of carbonyl (C=O) groups is 3. The lowest BCUT2D eigenvalue weighted by molar-refractivity contribution is -0.141. The summed E-state index contributed by atoms with van der Waals surface area (Å²) in [6.07, 6.45) is 3.56. The highest BCUT2D eigenvalue weighted by molar-refractivity contribution is 5.78. The Labute approximate surface area is 113 Å². The number of carboxylic acids is 1. The minimum absolute atomic E-state index is 0.0344. The molecule has 1 atom stereocenters. The number of aliphatic carboxylic acids is 1. The van der Waals surface area contributed by atoms with Gasteiger partial charge >= 0.3 is 5.97 Å². The maximum absolute atomic E-state index is 11.8. The number of hydrogen-bond donors (Lipinski definition) is 2. The van der Waals surface area contributed by atoms with Gasteiger partial charge in [-0.15, -0.1) is 0 Å². The second-order valence-corrected chi connectivity index (χ2v) is 4.96. The average Bonchev–Trinajstić information content (AvgIpc) is 2.82. The van der Waals surface area contributed by atoms with Crippen molar-refractivity contribution < 1.29 is 19.5 Å². The summed E-state index contributed by atoms with van der Waals surface area (Å²) in [4.78, 5) is 34.9. The number of likely N-dealkylation sites (tertiary alicyclic amines) is 1. The number of amides is 2. The summed E-state index contributed by atoms with van der Waals surface area (Å²) in [5.74, 6) is -1.20. The molecule has 1 aliphatic heterocycles. The third-order valence-electron chi connectivity index (χ3n) is 3.33. The standard InChI is InChI=1S/C13H22N2O4/c1-10(16)14-7-4-2-3-5-12(17)15-8-6-11(9-15)13(18)19/h11H,2-9H2,1H3,(H,14,16)(H,18,19). The van der Waals surface area contributed by atoms with Gasteiger partial charge in [0.25, 0.3) is 0 Å². The van der Waals surface area contributed by atoms with Crippen molar-refractivity contribution >= 4 is 17.8 Å². The molecule has 1 fully saturated rings. The Balaban J connectivity index is 2.08. The van der Waals surface area contributed by atoms with Crippen LogP contribution in [0.15, 0.2) is 0 Å². The van der Waals surface area contributed by atoms with Crippen LogP contribution < -0.4 is 5.32 Å². The van der Waals surface area contributed by atoms with Crippen molar-refractivity contribution in [2.75, 3.05) is 19.6 Å². The van der Waals surface area contributed by atoms with Gasteiger partial charge in [0.1, 0.15) is 0 Å². The zero-order valence-corrected chi connectivity index (χ0v) is 11.4. The molecule has 0 bridgehead atoms. The first-order chi connectivity index (χ1) is 9.00. The number of nitrogens with zero attached hydrogens (tertiary/aromatic N) is 1. The van der Waals surface area contributed by atoms with Gasteiger partial charge in [0, 0.05) is 33.0 Å². The van der Waals surface area contributed by atoms with Gasteiger partial charge in [0.2, 0.25) is 11.8 Å². The van der Waals surface area contributed by atoms with Crippen LogP contribution in [0.25, 0.3) is 0 Å². The van der Waals surface area contributed by atoms with Crippen LogP contribution in [0, 0.1) is 5.92 Å². The molecule has 0 aliphatic carbocycles. The van der Waals surface area contributed by atoms with Crippen LogP contribution >= 0.6 is 0 Å². The number of hydrogen-bond acceptors (Lipinski definition) is 3. The highest BCUT2D eigenvalue weighted by Crippen LogP contribution is 2.17. The lowest BCUT2D eigenvalue weighted by Crippen LogP contribution is -2.29. The van der Waals surface area contributed by atoms with Crippen LogP contribution in [0.1, 0.15) is 39.0 Å². The molecular formula is C13H22N2O4. The van der Waals surface area contributed by atoms with Gasteiger partial charge in [-0.1, -0.05) is 6.42 Å². The molecule has 0 spiro atoms. The first-order valence-corrected chi connectivity index (χ1v) is 6.75. The molecule has 0 aromatic carbocycles. The second kappa shape index (κ2) is 7.76. The Kier molecular flexibility index (Phi) is 6.32. The Morgan fingerprint density at radius 3 is 2.58 bits per heavy atom. The fourth-order valence-electron chi connectivity index (χ4n) is 2.19. The topological polar surface area (TPSA) is 86.7 Å². The van der Waals surface area contributed by atoms with Crippen molar-refractivity contribution in [2.24, 2.45) is 5.92 Å². The molecule has 0 aromatic heterocycles. The lowest BCUT2D eigenvalue weighted by Gasteiger charge is -2.15. The Hall–Kier alpha value is -1.59. The maximum Gasteiger partial charge on any atom is 0.308 e. The van der Waals surface area contributed by atoms with E-state index in [2.05, 4.69) is 5.32 Å². The van der Waals surface area contributed by atoms with E-state index in [-0.39, 0.29) is 11.8 Å². The molecule has 6 nitrogen and oxygen atoms in total. The minimum Gasteiger partial charge on any atom is -0.481 e. The number of rotatable bonds is 7. The van der Waals surface area contributed by atoms with Crippen molar-refractivity contribution in [3.63, 3.8) is 0 Å². The normalized spacial score (nSPS) is 18.4. The molecule has 2 N–H and O–H groups in total. The predicted molar refractivity (Wildman–Crippen MR) is 69.5 cm³/mol. The quantitative estimate of drug-likeness (QED) is 0.664. The highest BCUT2D eigenvalue weighted by atomic mass is 16.4. The summed E-state index contributed by atoms with van der Waals surface area (Å²) >= 11 is 0.